The zero-order valence-corrected chi connectivity index (χ0v) is 11.3. The Morgan fingerprint density at radius 2 is 2.05 bits per heavy atom. The number of nitrogens with zero attached hydrogens (tertiary/aromatic N) is 1. The fraction of sp³-hybridized carbons (Fsp3) is 0.273. The molecule has 2 heterocycles. The lowest BCUT2D eigenvalue weighted by Gasteiger charge is -2.06. The van der Waals surface area contributed by atoms with Gasteiger partial charge in [-0.2, -0.15) is 24.5 Å². The van der Waals surface area contributed by atoms with Gasteiger partial charge in [-0.05, 0) is 6.92 Å². The van der Waals surface area contributed by atoms with Crippen LogP contribution in [0.5, 0.6) is 0 Å². The van der Waals surface area contributed by atoms with E-state index >= 15 is 0 Å². The highest BCUT2D eigenvalue weighted by Gasteiger charge is 2.36. The van der Waals surface area contributed by atoms with Crippen molar-refractivity contribution in [3.63, 3.8) is 0 Å². The predicted octanol–water partition coefficient (Wildman–Crippen LogP) is 3.47. The van der Waals surface area contributed by atoms with Crippen LogP contribution in [0.25, 0.3) is 0 Å². The molecular weight excluding hydrogens is 297 g/mol. The number of hydrogen-bond donors (Lipinski definition) is 1. The number of alkyl halides is 3. The number of carbonyl (C=O) groups is 1. The van der Waals surface area contributed by atoms with Crippen LogP contribution in [-0.2, 0) is 6.18 Å². The summed E-state index contributed by atoms with van der Waals surface area (Å²) in [4.78, 5) is 16.0. The second kappa shape index (κ2) is 5.03. The van der Waals surface area contributed by atoms with Gasteiger partial charge in [-0.25, -0.2) is 4.98 Å². The molecule has 0 spiro atoms. The van der Waals surface area contributed by atoms with Crippen molar-refractivity contribution in [3.8, 4) is 0 Å². The Labute approximate surface area is 114 Å². The lowest BCUT2D eigenvalue weighted by molar-refractivity contribution is -0.137. The van der Waals surface area contributed by atoms with Crippen molar-refractivity contribution in [1.29, 1.82) is 0 Å². The van der Waals surface area contributed by atoms with Gasteiger partial charge in [-0.15, -0.1) is 11.3 Å². The van der Waals surface area contributed by atoms with Gasteiger partial charge >= 0.3 is 6.18 Å². The quantitative estimate of drug-likeness (QED) is 0.883. The summed E-state index contributed by atoms with van der Waals surface area (Å²) in [5.41, 5.74) is 4.32. The van der Waals surface area contributed by atoms with Crippen LogP contribution < -0.4 is 5.73 Å². The molecule has 102 valence electrons. The molecule has 8 heteroatoms. The van der Waals surface area contributed by atoms with Crippen LogP contribution in [0.3, 0.4) is 0 Å². The van der Waals surface area contributed by atoms with E-state index in [9.17, 15) is 18.0 Å². The van der Waals surface area contributed by atoms with Crippen LogP contribution in [-0.4, -0.2) is 10.8 Å². The van der Waals surface area contributed by atoms with Gasteiger partial charge < -0.3 is 5.73 Å². The summed E-state index contributed by atoms with van der Waals surface area (Å²) in [6.07, 6.45) is -4.54. The molecule has 19 heavy (non-hydrogen) atoms. The van der Waals surface area contributed by atoms with Crippen molar-refractivity contribution in [2.45, 2.75) is 19.1 Å². The maximum atomic E-state index is 12.7. The molecule has 0 saturated heterocycles. The molecule has 3 nitrogen and oxygen atoms in total. The average Bonchev–Trinajstić information content (AvgIpc) is 2.96. The SMILES string of the molecule is CC(N)c1nc(C(=O)c2cscc2C(F)(F)F)cs1. The average molecular weight is 306 g/mol. The van der Waals surface area contributed by atoms with Crippen molar-refractivity contribution >= 4 is 28.5 Å². The molecule has 2 N–H and O–H groups in total. The minimum atomic E-state index is -4.54. The highest BCUT2D eigenvalue weighted by molar-refractivity contribution is 7.10. The third-order valence-corrected chi connectivity index (χ3v) is 4.15. The van der Waals surface area contributed by atoms with E-state index in [1.165, 1.54) is 10.8 Å². The number of halogens is 3. The molecule has 1 unspecified atom stereocenters. The van der Waals surface area contributed by atoms with E-state index in [-0.39, 0.29) is 17.3 Å². The molecule has 0 aliphatic rings. The summed E-state index contributed by atoms with van der Waals surface area (Å²) in [7, 11) is 0. The smallest absolute Gasteiger partial charge is 0.322 e. The summed E-state index contributed by atoms with van der Waals surface area (Å²) in [6.45, 7) is 1.69. The highest BCUT2D eigenvalue weighted by Crippen LogP contribution is 2.35. The van der Waals surface area contributed by atoms with Gasteiger partial charge in [-0.1, -0.05) is 0 Å². The Balaban J connectivity index is 2.37. The highest BCUT2D eigenvalue weighted by atomic mass is 32.1. The molecule has 0 radical (unpaired) electrons. The van der Waals surface area contributed by atoms with E-state index in [2.05, 4.69) is 4.98 Å². The summed E-state index contributed by atoms with van der Waals surface area (Å²) in [6, 6.07) is -0.351. The molecule has 2 aromatic rings. The van der Waals surface area contributed by atoms with Crippen molar-refractivity contribution < 1.29 is 18.0 Å². The fourth-order valence-corrected chi connectivity index (χ4v) is 3.02. The molecule has 0 amide bonds. The van der Waals surface area contributed by atoms with Crippen molar-refractivity contribution in [2.24, 2.45) is 5.73 Å². The van der Waals surface area contributed by atoms with Gasteiger partial charge in [0, 0.05) is 21.7 Å². The molecule has 0 saturated carbocycles. The fourth-order valence-electron chi connectivity index (χ4n) is 1.43. The number of carbonyl (C=O) groups excluding carboxylic acids is 1. The minimum absolute atomic E-state index is 0.00111. The Morgan fingerprint density at radius 3 is 2.58 bits per heavy atom. The van der Waals surface area contributed by atoms with Crippen molar-refractivity contribution in [3.05, 3.63) is 38.0 Å². The molecule has 0 fully saturated rings. The summed E-state index contributed by atoms with van der Waals surface area (Å²) in [5, 5.41) is 4.06. The summed E-state index contributed by atoms with van der Waals surface area (Å²) < 4.78 is 38.1. The van der Waals surface area contributed by atoms with Crippen molar-refractivity contribution in [1.82, 2.24) is 4.98 Å². The van der Waals surface area contributed by atoms with Crippen LogP contribution >= 0.6 is 22.7 Å². The molecule has 0 aliphatic carbocycles. The van der Waals surface area contributed by atoms with Gasteiger partial charge in [0.05, 0.1) is 11.6 Å². The zero-order valence-electron chi connectivity index (χ0n) is 9.69. The molecule has 0 aromatic carbocycles. The Hall–Kier alpha value is -1.25. The van der Waals surface area contributed by atoms with Crippen molar-refractivity contribution in [2.75, 3.05) is 0 Å². The second-order valence-electron chi connectivity index (χ2n) is 3.89. The van der Waals surface area contributed by atoms with E-state index in [4.69, 9.17) is 5.73 Å². The Kier molecular flexibility index (Phi) is 3.75. The van der Waals surface area contributed by atoms with E-state index in [0.29, 0.717) is 5.01 Å². The van der Waals surface area contributed by atoms with Crippen LogP contribution in [0, 0.1) is 0 Å². The molecule has 0 aliphatic heterocycles. The van der Waals surface area contributed by atoms with Crippen LogP contribution in [0.1, 0.15) is 39.6 Å². The first-order valence-corrected chi connectivity index (χ1v) is 7.02. The molecular formula is C11H9F3N2OS2. The second-order valence-corrected chi connectivity index (χ2v) is 5.52. The number of aromatic nitrogens is 1. The number of ketones is 1. The van der Waals surface area contributed by atoms with Gasteiger partial charge in [0.1, 0.15) is 10.7 Å². The van der Waals surface area contributed by atoms with Crippen LogP contribution in [0.2, 0.25) is 0 Å². The topological polar surface area (TPSA) is 56.0 Å². The number of nitrogens with two attached hydrogens (primary N) is 1. The summed E-state index contributed by atoms with van der Waals surface area (Å²) >= 11 is 2.00. The van der Waals surface area contributed by atoms with Gasteiger partial charge in [0.25, 0.3) is 0 Å². The maximum Gasteiger partial charge on any atom is 0.417 e. The summed E-state index contributed by atoms with van der Waals surface area (Å²) in [5.74, 6) is -0.725. The third kappa shape index (κ3) is 2.85. The lowest BCUT2D eigenvalue weighted by Crippen LogP contribution is -2.12. The monoisotopic (exact) mass is 306 g/mol. The van der Waals surface area contributed by atoms with Crippen LogP contribution in [0.15, 0.2) is 16.1 Å². The van der Waals surface area contributed by atoms with E-state index < -0.39 is 17.5 Å². The van der Waals surface area contributed by atoms with E-state index in [0.717, 1.165) is 28.1 Å². The third-order valence-electron chi connectivity index (χ3n) is 2.36. The minimum Gasteiger partial charge on any atom is -0.322 e. The first-order valence-electron chi connectivity index (χ1n) is 5.19. The molecule has 2 rings (SSSR count). The van der Waals surface area contributed by atoms with E-state index in [1.807, 2.05) is 0 Å². The number of hydrogen-bond acceptors (Lipinski definition) is 5. The first-order chi connectivity index (χ1) is 8.80. The van der Waals surface area contributed by atoms with E-state index in [1.54, 1.807) is 6.92 Å². The molecule has 2 aromatic heterocycles. The molecule has 1 atom stereocenters. The standard InChI is InChI=1S/C11H9F3N2OS2/c1-5(15)10-16-8(4-19-10)9(17)6-2-18-3-7(6)11(12,13)14/h2-5H,15H2,1H3. The van der Waals surface area contributed by atoms with Crippen LogP contribution in [0.4, 0.5) is 13.2 Å². The normalized spacial score (nSPS) is 13.5. The zero-order chi connectivity index (χ0) is 14.2. The maximum absolute atomic E-state index is 12.7. The van der Waals surface area contributed by atoms with Gasteiger partial charge in [-0.3, -0.25) is 4.79 Å². The Bertz CT molecular complexity index is 601. The Morgan fingerprint density at radius 1 is 1.37 bits per heavy atom. The number of thiazole rings is 1. The number of thiophene rings is 1. The first kappa shape index (κ1) is 14.2. The lowest BCUT2D eigenvalue weighted by atomic mass is 10.1. The van der Waals surface area contributed by atoms with Gasteiger partial charge in [0.15, 0.2) is 0 Å². The largest absolute Gasteiger partial charge is 0.417 e. The number of rotatable bonds is 3. The van der Waals surface area contributed by atoms with Gasteiger partial charge in [0.2, 0.25) is 5.78 Å². The molecule has 0 bridgehead atoms. The predicted molar refractivity (Wildman–Crippen MR) is 67.5 cm³/mol.